The lowest BCUT2D eigenvalue weighted by atomic mass is 9.97. The number of aromatic nitrogens is 3. The van der Waals surface area contributed by atoms with Gasteiger partial charge in [0.1, 0.15) is 49.1 Å². The van der Waals surface area contributed by atoms with E-state index in [9.17, 15) is 91.3 Å². The van der Waals surface area contributed by atoms with Gasteiger partial charge >= 0.3 is 24.0 Å². The lowest BCUT2D eigenvalue weighted by molar-refractivity contribution is -0.143. The number of nitrogens with zero attached hydrogens (tertiary/aromatic N) is 6. The van der Waals surface area contributed by atoms with Crippen LogP contribution < -0.4 is 80.8 Å². The Bertz CT molecular complexity index is 3750. The van der Waals surface area contributed by atoms with Crippen molar-refractivity contribution in [1.82, 2.24) is 99.2 Å². The van der Waals surface area contributed by atoms with Crippen molar-refractivity contribution in [3.63, 3.8) is 0 Å². The molecule has 0 saturated carbocycles. The molecule has 1 aromatic heterocycles. The van der Waals surface area contributed by atoms with E-state index in [-0.39, 0.29) is 218 Å². The third-order valence-corrected chi connectivity index (χ3v) is 18.4. The first-order valence-corrected chi connectivity index (χ1v) is 40.1. The van der Waals surface area contributed by atoms with Gasteiger partial charge in [0, 0.05) is 71.6 Å². The number of aliphatic carboxylic acids is 2. The van der Waals surface area contributed by atoms with Crippen LogP contribution in [0.1, 0.15) is 132 Å². The molecule has 2 fully saturated rings. The number of alkyl halides is 1. The maximum Gasteiger partial charge on any atom is 0.337 e. The summed E-state index contributed by atoms with van der Waals surface area (Å²) in [7, 11) is 0. The summed E-state index contributed by atoms with van der Waals surface area (Å²) >= 11 is 0. The molecule has 5 rings (SSSR count). The maximum absolute atomic E-state index is 14.3. The second-order valence-corrected chi connectivity index (χ2v) is 28.3. The lowest BCUT2D eigenvalue weighted by Gasteiger charge is -2.28. The number of benzene rings is 2. The van der Waals surface area contributed by atoms with Crippen LogP contribution >= 0.6 is 0 Å². The van der Waals surface area contributed by atoms with E-state index >= 15 is 0 Å². The van der Waals surface area contributed by atoms with Crippen molar-refractivity contribution >= 4 is 107 Å². The number of rotatable bonds is 51. The summed E-state index contributed by atoms with van der Waals surface area (Å²) in [5.41, 5.74) is 16.8. The Kier molecular flexibility index (Phi) is 46.5. The van der Waals surface area contributed by atoms with E-state index in [1.54, 1.807) is 60.7 Å². The van der Waals surface area contributed by atoms with Crippen LogP contribution in [0.15, 0.2) is 66.9 Å². The van der Waals surface area contributed by atoms with Crippen molar-refractivity contribution in [2.75, 3.05) is 105 Å². The molecular weight excluding hydrogens is 1600 g/mol. The summed E-state index contributed by atoms with van der Waals surface area (Å²) < 4.78 is 36.4. The molecule has 2 aromatic carbocycles. The summed E-state index contributed by atoms with van der Waals surface area (Å²) in [6, 6.07) is 7.19. The van der Waals surface area contributed by atoms with Crippen LogP contribution in [0.2, 0.25) is 0 Å². The third-order valence-electron chi connectivity index (χ3n) is 18.4. The molecular formula is C76H114FN23O22. The van der Waals surface area contributed by atoms with Crippen molar-refractivity contribution in [3.05, 3.63) is 83.7 Å². The van der Waals surface area contributed by atoms with Crippen LogP contribution in [-0.4, -0.2) is 282 Å². The Morgan fingerprint density at radius 2 is 0.951 bits per heavy atom. The Hall–Kier alpha value is -12.6. The fourth-order valence-corrected chi connectivity index (χ4v) is 12.1. The number of nitrogens with two attached hydrogens (primary N) is 2. The minimum absolute atomic E-state index is 0.000590. The van der Waals surface area contributed by atoms with E-state index in [1.165, 1.54) is 15.8 Å². The molecule has 45 nitrogen and oxygen atoms in total. The molecule has 0 bridgehead atoms. The maximum atomic E-state index is 14.3. The Morgan fingerprint density at radius 1 is 0.500 bits per heavy atom. The summed E-state index contributed by atoms with van der Waals surface area (Å²) in [4.78, 5) is 217. The number of halogens is 1. The molecule has 122 heavy (non-hydrogen) atoms. The van der Waals surface area contributed by atoms with Gasteiger partial charge in [-0.2, -0.15) is 0 Å². The number of ketones is 2. The predicted octanol–water partition coefficient (Wildman–Crippen LogP) is -3.28. The number of carbonyl (C=O) groups is 16. The normalized spacial score (nSPS) is 17.9. The lowest BCUT2D eigenvalue weighted by Crippen LogP contribution is -2.59. The fourth-order valence-electron chi connectivity index (χ4n) is 12.1. The molecule has 21 N–H and O–H groups in total. The first kappa shape index (κ1) is 100.0. The van der Waals surface area contributed by atoms with Crippen molar-refractivity contribution in [1.29, 1.82) is 10.8 Å². The number of hydrogen-bond donors (Lipinski definition) is 19. The number of hydrogen-bond acceptors (Lipinski definition) is 24. The molecule has 1 unspecified atom stereocenters. The predicted molar refractivity (Wildman–Crippen MR) is 429 cm³/mol. The first-order chi connectivity index (χ1) is 58.5. The Balaban J connectivity index is 1.23. The Labute approximate surface area is 702 Å². The zero-order valence-corrected chi connectivity index (χ0v) is 68.0. The van der Waals surface area contributed by atoms with E-state index < -0.39 is 164 Å². The van der Waals surface area contributed by atoms with Crippen LogP contribution in [0.25, 0.3) is 0 Å². The zero-order valence-electron chi connectivity index (χ0n) is 68.0. The zero-order chi connectivity index (χ0) is 89.0. The van der Waals surface area contributed by atoms with E-state index in [0.29, 0.717) is 24.2 Å². The number of hydrazine groups is 2. The van der Waals surface area contributed by atoms with Gasteiger partial charge in [-0.15, -0.1) is 5.10 Å². The van der Waals surface area contributed by atoms with Gasteiger partial charge in [-0.25, -0.2) is 28.7 Å². The topological polar surface area (TPSA) is 647 Å². The van der Waals surface area contributed by atoms with E-state index in [1.807, 2.05) is 0 Å². The summed E-state index contributed by atoms with van der Waals surface area (Å²) in [6.07, 6.45) is -0.509. The average molecular weight is 1720 g/mol. The standard InChI is InChI=1S/C76H114FN23O22/c77-43-53-48-98(96-93-53)49-54(101)18-13-32-119-34-36-121-38-39-122-37-35-120-33-25-64(106)97(30-23-61(103)82-26-9-7-19-58-70(114)89-56(21-11-28-84-73(78)79)68(112)86-44-55(102)40-52(41-65(107)108)67(111)94-99(75(117)91-58)46-50-14-3-1-4-15-50)31-24-62(104)83-27-10-8-20-59-71(115)90-57(22-12-29-85-74(80)81)69(113)87-45-63(105)88-60(42-66(109)110)72(116)95-100(76(118)92-59)47-51-16-5-2-6-17-51/h1-6,14-17,48,52,56-60H,7-13,18-47,49H2,(H,82,103)(H,83,104)(H,86,112)(H,87,113)(H,88,105)(H,89,114)(H,90,115)(H,91,117)(H,92,118)(H,94,111)(H,95,116)(H,107,108)(H,109,110)(H4,78,79,84)(H4,80,81,85)/t52-,56-,57-,58-,59?,60-/m0/s1/i77-1. The minimum atomic E-state index is -1.75. The molecule has 2 saturated heterocycles. The molecule has 0 spiro atoms. The highest BCUT2D eigenvalue weighted by Gasteiger charge is 2.35. The highest BCUT2D eigenvalue weighted by Crippen LogP contribution is 2.16. The number of ether oxygens (including phenoxy) is 4. The van der Waals surface area contributed by atoms with Crippen LogP contribution in [0.4, 0.5) is 14.0 Å². The first-order valence-electron chi connectivity index (χ1n) is 40.1. The highest BCUT2D eigenvalue weighted by atomic mass is 18.2. The van der Waals surface area contributed by atoms with Gasteiger partial charge in [0.05, 0.1) is 104 Å². The molecule has 672 valence electrons. The smallest absolute Gasteiger partial charge is 0.337 e. The van der Waals surface area contributed by atoms with Crippen molar-refractivity contribution in [3.8, 4) is 0 Å². The highest BCUT2D eigenvalue weighted by molar-refractivity contribution is 5.98. The van der Waals surface area contributed by atoms with Crippen LogP contribution in [0, 0.1) is 16.7 Å². The molecule has 0 radical (unpaired) electrons. The number of carboxylic acid groups (broad SMARTS) is 2. The number of urea groups is 2. The van der Waals surface area contributed by atoms with Crippen molar-refractivity contribution in [2.45, 2.75) is 172 Å². The molecule has 3 heterocycles. The van der Waals surface area contributed by atoms with Crippen LogP contribution in [0.5, 0.6) is 0 Å². The third kappa shape index (κ3) is 41.9. The van der Waals surface area contributed by atoms with Gasteiger partial charge in [-0.1, -0.05) is 65.9 Å². The van der Waals surface area contributed by atoms with Gasteiger partial charge in [-0.3, -0.25) is 88.8 Å². The quantitative estimate of drug-likeness (QED) is 0.0150. The molecule has 0 aliphatic carbocycles. The van der Waals surface area contributed by atoms with Gasteiger partial charge in [0.2, 0.25) is 53.2 Å². The minimum Gasteiger partial charge on any atom is -0.481 e. The van der Waals surface area contributed by atoms with Gasteiger partial charge in [-0.05, 0) is 81.8 Å². The summed E-state index contributed by atoms with van der Waals surface area (Å²) in [5, 5.41) is 71.6. The van der Waals surface area contributed by atoms with Crippen molar-refractivity contribution < 1.29 is 110 Å². The van der Waals surface area contributed by atoms with Crippen LogP contribution in [-0.2, 0) is 112 Å². The SMILES string of the molecule is N=C(N)NCCC[C@@H]1NC(=O)C(CCCCNC(=O)CCN(CCC(=O)NCCCC[C@@H]2NC(=O)N(Cc3ccccc3)NC(=O)[C@H](CC(=O)O)CC(=O)CNC(=O)[C@H](CCCNC(=N)N)NC2=O)C(=O)CCOCCOCCOCCOCCCC(=O)Cn2cc(C[18F])nn2)NC(=O)N(Cc2ccccc2)NC(=O)[C@H](CC(=O)O)NC(=O)CNC1=O. The van der Waals surface area contributed by atoms with E-state index in [2.05, 4.69) is 79.6 Å². The van der Waals surface area contributed by atoms with Crippen LogP contribution in [0.3, 0.4) is 0 Å². The number of nitrogens with one attached hydrogen (secondary N) is 15. The fraction of sp³-hybridized carbons (Fsp3) is 0.579. The summed E-state index contributed by atoms with van der Waals surface area (Å²) in [6.45, 7) is -1.63. The van der Waals surface area contributed by atoms with Gasteiger partial charge < -0.3 is 104 Å². The molecule has 3 aromatic rings. The van der Waals surface area contributed by atoms with Gasteiger partial charge in [0.15, 0.2) is 23.5 Å². The largest absolute Gasteiger partial charge is 0.481 e. The van der Waals surface area contributed by atoms with Crippen molar-refractivity contribution in [2.24, 2.45) is 17.4 Å². The average Bonchev–Trinajstić information content (AvgIpc) is 1.64. The van der Waals surface area contributed by atoms with E-state index in [0.717, 1.165) is 10.0 Å². The second-order valence-electron chi connectivity index (χ2n) is 28.3. The number of unbranched alkanes of at least 4 members (excludes halogenated alkanes) is 2. The monoisotopic (exact) mass is 1720 g/mol. The number of guanidine groups is 2. The molecule has 6 atom stereocenters. The number of Topliss-reactive ketones (excluding diaryl/α,β-unsaturated/α-hetero) is 2. The van der Waals surface area contributed by atoms with E-state index in [4.69, 9.17) is 41.2 Å². The summed E-state index contributed by atoms with van der Waals surface area (Å²) in [5.74, 6) is -14.1. The molecule has 14 amide bonds. The molecule has 2 aliphatic heterocycles. The Morgan fingerprint density at radius 3 is 1.43 bits per heavy atom. The molecule has 2 aliphatic rings. The number of carboxylic acids is 2. The van der Waals surface area contributed by atoms with Gasteiger partial charge in [0.25, 0.3) is 5.91 Å². The molecule has 46 heteroatoms. The number of carbonyl (C=O) groups excluding carboxylic acids is 14. The second kappa shape index (κ2) is 56.8. The number of amides is 14.